The zero-order chi connectivity index (χ0) is 22.2. The van der Waals surface area contributed by atoms with E-state index in [2.05, 4.69) is 26.0 Å². The zero-order valence-corrected chi connectivity index (χ0v) is 18.1. The van der Waals surface area contributed by atoms with Crippen molar-refractivity contribution in [3.05, 3.63) is 54.1 Å². The summed E-state index contributed by atoms with van der Waals surface area (Å²) in [7, 11) is 3.18. The van der Waals surface area contributed by atoms with Crippen LogP contribution in [0.1, 0.15) is 12.5 Å². The molecule has 3 aromatic rings. The number of carbonyl (C=O) groups excluding carboxylic acids is 1. The number of hydrazone groups is 1. The molecule has 0 saturated heterocycles. The van der Waals surface area contributed by atoms with E-state index in [1.54, 1.807) is 38.5 Å². The fourth-order valence-electron chi connectivity index (χ4n) is 2.53. The fourth-order valence-corrected chi connectivity index (χ4v) is 3.18. The van der Waals surface area contributed by atoms with Crippen molar-refractivity contribution in [2.75, 3.05) is 36.6 Å². The van der Waals surface area contributed by atoms with E-state index in [9.17, 15) is 4.79 Å². The average molecular weight is 442 g/mol. The van der Waals surface area contributed by atoms with Crippen molar-refractivity contribution in [2.24, 2.45) is 5.10 Å². The van der Waals surface area contributed by atoms with Gasteiger partial charge in [0.25, 0.3) is 5.95 Å². The van der Waals surface area contributed by atoms with Crippen molar-refractivity contribution in [2.45, 2.75) is 12.1 Å². The van der Waals surface area contributed by atoms with Gasteiger partial charge in [-0.2, -0.15) is 5.10 Å². The van der Waals surface area contributed by atoms with Gasteiger partial charge in [0, 0.05) is 17.3 Å². The second kappa shape index (κ2) is 10.3. The minimum Gasteiger partial charge on any atom is -0.497 e. The van der Waals surface area contributed by atoms with Gasteiger partial charge in [0.2, 0.25) is 11.1 Å². The molecular formula is C20H23N7O3S. The Balaban J connectivity index is 1.57. The highest BCUT2D eigenvalue weighted by atomic mass is 32.2. The van der Waals surface area contributed by atoms with Crippen LogP contribution in [-0.4, -0.2) is 46.5 Å². The van der Waals surface area contributed by atoms with E-state index >= 15 is 0 Å². The van der Waals surface area contributed by atoms with Crippen LogP contribution in [0.4, 0.5) is 11.6 Å². The van der Waals surface area contributed by atoms with Crippen LogP contribution in [0.5, 0.6) is 11.5 Å². The summed E-state index contributed by atoms with van der Waals surface area (Å²) in [6, 6.07) is 14.6. The second-order valence-corrected chi connectivity index (χ2v) is 7.23. The van der Waals surface area contributed by atoms with Crippen LogP contribution < -0.4 is 26.1 Å². The Hall–Kier alpha value is -3.73. The first-order valence-electron chi connectivity index (χ1n) is 9.22. The fraction of sp³-hybridized carbons (Fsp3) is 0.200. The topological polar surface area (TPSA) is 129 Å². The lowest BCUT2D eigenvalue weighted by molar-refractivity contribution is -0.113. The Labute approximate surface area is 183 Å². The third kappa shape index (κ3) is 5.89. The molecule has 11 heteroatoms. The number of benzene rings is 2. The molecule has 0 atom stereocenters. The van der Waals surface area contributed by atoms with E-state index in [0.717, 1.165) is 23.1 Å². The zero-order valence-electron chi connectivity index (χ0n) is 17.3. The summed E-state index contributed by atoms with van der Waals surface area (Å²) < 4.78 is 11.6. The number of hydrogen-bond acceptors (Lipinski definition) is 9. The number of ether oxygens (including phenoxy) is 2. The smallest absolute Gasteiger partial charge is 0.264 e. The van der Waals surface area contributed by atoms with E-state index in [0.29, 0.717) is 22.3 Å². The van der Waals surface area contributed by atoms with Crippen molar-refractivity contribution in [3.8, 4) is 11.5 Å². The third-order valence-corrected chi connectivity index (χ3v) is 5.10. The number of hydrogen-bond donors (Lipinski definition) is 3. The Morgan fingerprint density at radius 1 is 1.13 bits per heavy atom. The molecule has 10 nitrogen and oxygen atoms in total. The maximum atomic E-state index is 12.2. The lowest BCUT2D eigenvalue weighted by Gasteiger charge is -2.07. The summed E-state index contributed by atoms with van der Waals surface area (Å²) in [6.45, 7) is 1.84. The highest BCUT2D eigenvalue weighted by molar-refractivity contribution is 7.99. The monoisotopic (exact) mass is 441 g/mol. The first kappa shape index (κ1) is 22.0. The molecule has 1 aromatic heterocycles. The number of nitrogens with zero attached hydrogens (tertiary/aromatic N) is 4. The standard InChI is InChI=1S/C20H23N7O3S/c1-13(14-6-4-8-16(10-14)29-2)23-24-19-25-26-20(27(19)21)31-12-18(28)22-15-7-5-9-17(11-15)30-3/h4-11H,12,21H2,1-3H3,(H,22,28)(H,24,25)/b23-13+. The molecule has 0 spiro atoms. The molecule has 162 valence electrons. The minimum atomic E-state index is -0.206. The summed E-state index contributed by atoms with van der Waals surface area (Å²) in [5, 5.41) is 15.4. The van der Waals surface area contributed by atoms with Crippen LogP contribution >= 0.6 is 11.8 Å². The predicted octanol–water partition coefficient (Wildman–Crippen LogP) is 2.58. The summed E-state index contributed by atoms with van der Waals surface area (Å²) in [4.78, 5) is 12.2. The molecule has 0 fully saturated rings. The number of amides is 1. The molecule has 0 bridgehead atoms. The van der Waals surface area contributed by atoms with Gasteiger partial charge in [0.1, 0.15) is 11.5 Å². The number of nitrogens with one attached hydrogen (secondary N) is 2. The number of nitrogen functional groups attached to an aromatic ring is 1. The number of carbonyl (C=O) groups is 1. The van der Waals surface area contributed by atoms with Crippen LogP contribution in [0.2, 0.25) is 0 Å². The van der Waals surface area contributed by atoms with Crippen LogP contribution in [0.3, 0.4) is 0 Å². The van der Waals surface area contributed by atoms with Gasteiger partial charge in [-0.3, -0.25) is 4.79 Å². The number of nitrogens with two attached hydrogens (primary N) is 1. The Bertz CT molecular complexity index is 1080. The molecule has 4 N–H and O–H groups in total. The van der Waals surface area contributed by atoms with Gasteiger partial charge in [0.15, 0.2) is 0 Å². The van der Waals surface area contributed by atoms with Gasteiger partial charge in [-0.25, -0.2) is 10.1 Å². The van der Waals surface area contributed by atoms with Crippen LogP contribution in [0.25, 0.3) is 0 Å². The number of methoxy groups -OCH3 is 2. The van der Waals surface area contributed by atoms with Gasteiger partial charge in [-0.1, -0.05) is 30.0 Å². The third-order valence-electron chi connectivity index (χ3n) is 4.16. The first-order chi connectivity index (χ1) is 15.0. The summed E-state index contributed by atoms with van der Waals surface area (Å²) >= 11 is 1.16. The summed E-state index contributed by atoms with van der Waals surface area (Å²) in [6.07, 6.45) is 0. The molecule has 0 saturated carbocycles. The number of anilines is 2. The molecule has 2 aromatic carbocycles. The number of rotatable bonds is 9. The number of aromatic nitrogens is 3. The Kier molecular flexibility index (Phi) is 7.33. The number of thioether (sulfide) groups is 1. The summed E-state index contributed by atoms with van der Waals surface area (Å²) in [5.41, 5.74) is 5.04. The molecule has 31 heavy (non-hydrogen) atoms. The molecular weight excluding hydrogens is 418 g/mol. The minimum absolute atomic E-state index is 0.110. The first-order valence-corrected chi connectivity index (χ1v) is 10.2. The molecule has 0 radical (unpaired) electrons. The molecule has 1 heterocycles. The van der Waals surface area contributed by atoms with E-state index in [-0.39, 0.29) is 17.6 Å². The maximum absolute atomic E-state index is 12.2. The second-order valence-electron chi connectivity index (χ2n) is 6.29. The largest absolute Gasteiger partial charge is 0.497 e. The van der Waals surface area contributed by atoms with E-state index < -0.39 is 0 Å². The van der Waals surface area contributed by atoms with Crippen molar-refractivity contribution in [1.82, 2.24) is 14.9 Å². The Morgan fingerprint density at radius 2 is 1.84 bits per heavy atom. The van der Waals surface area contributed by atoms with E-state index in [4.69, 9.17) is 15.3 Å². The Morgan fingerprint density at radius 3 is 2.58 bits per heavy atom. The average Bonchev–Trinajstić information content (AvgIpc) is 3.15. The van der Waals surface area contributed by atoms with Crippen LogP contribution in [-0.2, 0) is 4.79 Å². The quantitative estimate of drug-likeness (QED) is 0.200. The molecule has 1 amide bonds. The SMILES string of the molecule is COc1cccc(NC(=O)CSc2nnc(N/N=C(\C)c3cccc(OC)c3)n2N)c1. The lowest BCUT2D eigenvalue weighted by Crippen LogP contribution is -2.17. The molecule has 0 unspecified atom stereocenters. The van der Waals surface area contributed by atoms with Gasteiger partial charge in [-0.15, -0.1) is 10.2 Å². The highest BCUT2D eigenvalue weighted by Gasteiger charge is 2.12. The van der Waals surface area contributed by atoms with E-state index in [1.807, 2.05) is 31.2 Å². The molecule has 0 aliphatic heterocycles. The van der Waals surface area contributed by atoms with Crippen molar-refractivity contribution < 1.29 is 14.3 Å². The van der Waals surface area contributed by atoms with Crippen molar-refractivity contribution >= 4 is 35.0 Å². The molecule has 3 rings (SSSR count). The van der Waals surface area contributed by atoms with Crippen LogP contribution in [0, 0.1) is 0 Å². The van der Waals surface area contributed by atoms with Crippen molar-refractivity contribution in [3.63, 3.8) is 0 Å². The maximum Gasteiger partial charge on any atom is 0.264 e. The summed E-state index contributed by atoms with van der Waals surface area (Å²) in [5.74, 6) is 7.57. The van der Waals surface area contributed by atoms with Gasteiger partial charge in [0.05, 0.1) is 25.7 Å². The molecule has 0 aliphatic rings. The molecule has 0 aliphatic carbocycles. The van der Waals surface area contributed by atoms with Gasteiger partial charge >= 0.3 is 0 Å². The van der Waals surface area contributed by atoms with Crippen LogP contribution in [0.15, 0.2) is 58.8 Å². The normalized spacial score (nSPS) is 11.1. The van der Waals surface area contributed by atoms with Gasteiger partial charge < -0.3 is 20.6 Å². The van der Waals surface area contributed by atoms with Crippen molar-refractivity contribution in [1.29, 1.82) is 0 Å². The lowest BCUT2D eigenvalue weighted by atomic mass is 10.1. The van der Waals surface area contributed by atoms with Gasteiger partial charge in [-0.05, 0) is 31.2 Å². The highest BCUT2D eigenvalue weighted by Crippen LogP contribution is 2.20. The van der Waals surface area contributed by atoms with E-state index in [1.165, 1.54) is 4.68 Å². The predicted molar refractivity (Wildman–Crippen MR) is 121 cm³/mol.